The number of anilines is 1. The van der Waals surface area contributed by atoms with Gasteiger partial charge in [0.15, 0.2) is 11.4 Å². The van der Waals surface area contributed by atoms with Crippen LogP contribution in [-0.2, 0) is 24.7 Å². The third-order valence-corrected chi connectivity index (χ3v) is 6.30. The second kappa shape index (κ2) is 8.84. The third kappa shape index (κ3) is 4.45. The molecule has 0 radical (unpaired) electrons. The average Bonchev–Trinajstić information content (AvgIpc) is 3.38. The Bertz CT molecular complexity index is 1050. The number of hydrogen-bond donors (Lipinski definition) is 2. The molecule has 4 rings (SSSR count). The molecule has 3 N–H and O–H groups in total. The first-order valence-electron chi connectivity index (χ1n) is 11.0. The van der Waals surface area contributed by atoms with E-state index in [2.05, 4.69) is 21.5 Å². The van der Waals surface area contributed by atoms with E-state index in [9.17, 15) is 14.9 Å². The molecule has 3 heterocycles. The van der Waals surface area contributed by atoms with Crippen molar-refractivity contribution in [3.8, 4) is 6.07 Å². The Balaban J connectivity index is 1.43. The predicted molar refractivity (Wildman–Crippen MR) is 114 cm³/mol. The summed E-state index contributed by atoms with van der Waals surface area (Å²) in [6, 6.07) is 5.75. The number of amides is 1. The van der Waals surface area contributed by atoms with Gasteiger partial charge in [0.25, 0.3) is 0 Å². The molecule has 2 aromatic heterocycles. The summed E-state index contributed by atoms with van der Waals surface area (Å²) in [6.07, 6.45) is 7.02. The number of nitrogens with one attached hydrogen (secondary N) is 1. The van der Waals surface area contributed by atoms with Crippen LogP contribution in [0, 0.1) is 11.3 Å². The Morgan fingerprint density at radius 3 is 2.84 bits per heavy atom. The number of carbonyl (C=O) groups is 2. The van der Waals surface area contributed by atoms with Gasteiger partial charge in [-0.2, -0.15) is 10.4 Å². The summed E-state index contributed by atoms with van der Waals surface area (Å²) in [4.78, 5) is 27.9. The highest BCUT2D eigenvalue weighted by molar-refractivity contribution is 5.91. The van der Waals surface area contributed by atoms with Crippen LogP contribution in [0.1, 0.15) is 64.0 Å². The molecule has 0 bridgehead atoms. The van der Waals surface area contributed by atoms with Crippen LogP contribution in [0.15, 0.2) is 18.5 Å². The molecule has 1 saturated heterocycles. The molecule has 2 aliphatic rings. The Morgan fingerprint density at radius 1 is 1.34 bits per heavy atom. The number of fused-ring (bicyclic) bond motifs is 1. The Kier molecular flexibility index (Phi) is 6.13. The first kappa shape index (κ1) is 22.2. The first-order chi connectivity index (χ1) is 15.3. The molecule has 10 nitrogen and oxygen atoms in total. The second-order valence-corrected chi connectivity index (χ2v) is 8.81. The topological polar surface area (TPSA) is 145 Å². The number of nitriles is 1. The fourth-order valence-electron chi connectivity index (χ4n) is 4.67. The van der Waals surface area contributed by atoms with Crippen LogP contribution in [0.3, 0.4) is 0 Å². The zero-order valence-electron chi connectivity index (χ0n) is 18.2. The van der Waals surface area contributed by atoms with Gasteiger partial charge < -0.3 is 20.5 Å². The Morgan fingerprint density at radius 2 is 2.12 bits per heavy atom. The van der Waals surface area contributed by atoms with E-state index in [1.165, 1.54) is 13.3 Å². The number of ether oxygens (including phenoxy) is 2. The van der Waals surface area contributed by atoms with Gasteiger partial charge in [-0.05, 0) is 37.8 Å². The lowest BCUT2D eigenvalue weighted by Crippen LogP contribution is -2.44. The highest BCUT2D eigenvalue weighted by Gasteiger charge is 2.45. The standard InChI is InChI=1S/C22H28N6O4/c1-15(29)27-20-17-5-6-18(28(17)26-14-25-20)22(13-23)10-7-16(32-22)12-31-19(30)11-21(24)8-3-2-4-9-21/h5-6,14,16H,2-4,7-12,24H2,1H3,(H,25,26,27,29). The van der Waals surface area contributed by atoms with Crippen molar-refractivity contribution >= 4 is 23.2 Å². The smallest absolute Gasteiger partial charge is 0.307 e. The van der Waals surface area contributed by atoms with Crippen LogP contribution in [0.5, 0.6) is 0 Å². The maximum absolute atomic E-state index is 12.4. The summed E-state index contributed by atoms with van der Waals surface area (Å²) < 4.78 is 13.1. The van der Waals surface area contributed by atoms with E-state index in [4.69, 9.17) is 15.2 Å². The Hall–Kier alpha value is -3.03. The largest absolute Gasteiger partial charge is 0.463 e. The summed E-state index contributed by atoms with van der Waals surface area (Å²) in [5.41, 5.74) is 5.75. The van der Waals surface area contributed by atoms with E-state index < -0.39 is 17.2 Å². The molecule has 2 aromatic rings. The fraction of sp³-hybridized carbons (Fsp3) is 0.591. The van der Waals surface area contributed by atoms with Crippen molar-refractivity contribution in [2.24, 2.45) is 5.73 Å². The van der Waals surface area contributed by atoms with Crippen LogP contribution in [0.25, 0.3) is 5.52 Å². The van der Waals surface area contributed by atoms with Crippen molar-refractivity contribution in [2.45, 2.75) is 75.5 Å². The lowest BCUT2D eigenvalue weighted by atomic mass is 9.80. The second-order valence-electron chi connectivity index (χ2n) is 8.81. The summed E-state index contributed by atoms with van der Waals surface area (Å²) in [5, 5.41) is 16.9. The maximum atomic E-state index is 12.4. The van der Waals surface area contributed by atoms with Gasteiger partial charge in [0, 0.05) is 12.5 Å². The van der Waals surface area contributed by atoms with E-state index in [1.54, 1.807) is 16.6 Å². The number of nitrogens with two attached hydrogens (primary N) is 1. The lowest BCUT2D eigenvalue weighted by molar-refractivity contribution is -0.150. The van der Waals surface area contributed by atoms with Crippen molar-refractivity contribution in [2.75, 3.05) is 11.9 Å². The van der Waals surface area contributed by atoms with Gasteiger partial charge in [0.05, 0.1) is 18.2 Å². The average molecular weight is 441 g/mol. The van der Waals surface area contributed by atoms with Crippen molar-refractivity contribution in [3.05, 3.63) is 24.2 Å². The quantitative estimate of drug-likeness (QED) is 0.650. The van der Waals surface area contributed by atoms with Gasteiger partial charge in [0.1, 0.15) is 24.5 Å². The van der Waals surface area contributed by atoms with Crippen molar-refractivity contribution in [1.29, 1.82) is 5.26 Å². The molecule has 32 heavy (non-hydrogen) atoms. The first-order valence-corrected chi connectivity index (χ1v) is 11.0. The van der Waals surface area contributed by atoms with Crippen molar-refractivity contribution in [3.63, 3.8) is 0 Å². The van der Waals surface area contributed by atoms with E-state index >= 15 is 0 Å². The van der Waals surface area contributed by atoms with Gasteiger partial charge in [-0.15, -0.1) is 0 Å². The number of hydrogen-bond acceptors (Lipinski definition) is 8. The zero-order valence-corrected chi connectivity index (χ0v) is 18.2. The number of rotatable bonds is 6. The van der Waals surface area contributed by atoms with Crippen molar-refractivity contribution in [1.82, 2.24) is 14.6 Å². The lowest BCUT2D eigenvalue weighted by Gasteiger charge is -2.32. The molecule has 1 aliphatic carbocycles. The van der Waals surface area contributed by atoms with Crippen LogP contribution in [0.4, 0.5) is 5.82 Å². The van der Waals surface area contributed by atoms with Gasteiger partial charge >= 0.3 is 5.97 Å². The molecule has 1 aliphatic heterocycles. The molecule has 2 atom stereocenters. The number of carbonyl (C=O) groups excluding carboxylic acids is 2. The van der Waals surface area contributed by atoms with E-state index in [0.29, 0.717) is 29.9 Å². The van der Waals surface area contributed by atoms with Gasteiger partial charge in [-0.3, -0.25) is 9.59 Å². The van der Waals surface area contributed by atoms with Gasteiger partial charge in [-0.25, -0.2) is 9.50 Å². The minimum atomic E-state index is -1.23. The molecule has 10 heteroatoms. The maximum Gasteiger partial charge on any atom is 0.307 e. The fourth-order valence-corrected chi connectivity index (χ4v) is 4.67. The minimum absolute atomic E-state index is 0.0772. The summed E-state index contributed by atoms with van der Waals surface area (Å²) >= 11 is 0. The molecule has 2 fully saturated rings. The van der Waals surface area contributed by atoms with Gasteiger partial charge in [-0.1, -0.05) is 19.3 Å². The molecule has 170 valence electrons. The zero-order chi connectivity index (χ0) is 22.8. The number of esters is 1. The summed E-state index contributed by atoms with van der Waals surface area (Å²) in [6.45, 7) is 1.47. The molecule has 1 amide bonds. The molecule has 2 unspecified atom stereocenters. The van der Waals surface area contributed by atoms with E-state index in [0.717, 1.165) is 32.1 Å². The van der Waals surface area contributed by atoms with Crippen LogP contribution in [0.2, 0.25) is 0 Å². The molecule has 0 aromatic carbocycles. The summed E-state index contributed by atoms with van der Waals surface area (Å²) in [7, 11) is 0. The normalized spacial score (nSPS) is 24.7. The molecular formula is C22H28N6O4. The molecular weight excluding hydrogens is 412 g/mol. The minimum Gasteiger partial charge on any atom is -0.463 e. The number of nitrogens with zero attached hydrogens (tertiary/aromatic N) is 4. The summed E-state index contributed by atoms with van der Waals surface area (Å²) in [5.74, 6) is -0.225. The van der Waals surface area contributed by atoms with Crippen LogP contribution >= 0.6 is 0 Å². The van der Waals surface area contributed by atoms with Crippen molar-refractivity contribution < 1.29 is 19.1 Å². The predicted octanol–water partition coefficient (Wildman–Crippen LogP) is 2.18. The van der Waals surface area contributed by atoms with Crippen LogP contribution < -0.4 is 11.1 Å². The third-order valence-electron chi connectivity index (χ3n) is 6.30. The molecule has 1 saturated carbocycles. The highest BCUT2D eigenvalue weighted by atomic mass is 16.6. The Labute approximate surface area is 186 Å². The van der Waals surface area contributed by atoms with E-state index in [1.807, 2.05) is 0 Å². The van der Waals surface area contributed by atoms with E-state index in [-0.39, 0.29) is 24.9 Å². The monoisotopic (exact) mass is 440 g/mol. The number of aromatic nitrogens is 3. The molecule has 0 spiro atoms. The van der Waals surface area contributed by atoms with Gasteiger partial charge in [0.2, 0.25) is 5.91 Å². The van der Waals surface area contributed by atoms with Crippen LogP contribution in [-0.4, -0.2) is 44.7 Å². The SMILES string of the molecule is CC(=O)Nc1ncnn2c(C3(C#N)CCC(COC(=O)CC4(N)CCCCC4)O3)ccc12. The highest BCUT2D eigenvalue weighted by Crippen LogP contribution is 2.40.